The lowest BCUT2D eigenvalue weighted by molar-refractivity contribution is -0.137. The Morgan fingerprint density at radius 3 is 2.61 bits per heavy atom. The standard InChI is InChI=1S/C25H26N2O4S2/c1-25(2,3)27(15-17-7-5-4-6-8-17)22(28)11-12-26-23(29)21(33-24(26)32)14-18-9-10-19-20(13-18)31-16-30-19/h4-10,13-14H,11-12,15-16H2,1-3H3/b21-14-. The quantitative estimate of drug-likeness (QED) is 0.434. The molecule has 0 atom stereocenters. The van der Waals surface area contributed by atoms with Crippen molar-refractivity contribution in [1.29, 1.82) is 0 Å². The van der Waals surface area contributed by atoms with Crippen LogP contribution >= 0.6 is 24.0 Å². The van der Waals surface area contributed by atoms with Gasteiger partial charge in [-0.05, 0) is 50.1 Å². The minimum atomic E-state index is -0.346. The van der Waals surface area contributed by atoms with Crippen molar-refractivity contribution in [2.45, 2.75) is 39.3 Å². The van der Waals surface area contributed by atoms with Crippen LogP contribution in [0, 0.1) is 0 Å². The van der Waals surface area contributed by atoms with E-state index in [1.807, 2.05) is 74.2 Å². The van der Waals surface area contributed by atoms with Crippen molar-refractivity contribution in [3.05, 3.63) is 64.6 Å². The highest BCUT2D eigenvalue weighted by molar-refractivity contribution is 8.26. The van der Waals surface area contributed by atoms with Gasteiger partial charge in [-0.2, -0.15) is 0 Å². The van der Waals surface area contributed by atoms with Crippen LogP contribution in [-0.4, -0.2) is 44.8 Å². The Bertz CT molecular complexity index is 1110. The molecule has 6 nitrogen and oxygen atoms in total. The van der Waals surface area contributed by atoms with Crippen LogP contribution in [0.2, 0.25) is 0 Å². The lowest BCUT2D eigenvalue weighted by Crippen LogP contribution is -2.46. The number of thiocarbonyl (C=S) groups is 1. The number of amides is 2. The summed E-state index contributed by atoms with van der Waals surface area (Å²) in [6, 6.07) is 15.4. The third-order valence-electron chi connectivity index (χ3n) is 5.41. The van der Waals surface area contributed by atoms with Crippen molar-refractivity contribution in [3.63, 3.8) is 0 Å². The summed E-state index contributed by atoms with van der Waals surface area (Å²) in [4.78, 5) is 30.0. The maximum absolute atomic E-state index is 13.1. The molecule has 2 amide bonds. The molecule has 0 bridgehead atoms. The third kappa shape index (κ3) is 5.39. The molecule has 2 aromatic carbocycles. The van der Waals surface area contributed by atoms with Crippen molar-refractivity contribution in [2.75, 3.05) is 13.3 Å². The lowest BCUT2D eigenvalue weighted by atomic mass is 10.0. The summed E-state index contributed by atoms with van der Waals surface area (Å²) < 4.78 is 11.2. The maximum atomic E-state index is 13.1. The summed E-state index contributed by atoms with van der Waals surface area (Å²) >= 11 is 6.69. The Kier molecular flexibility index (Phi) is 6.76. The van der Waals surface area contributed by atoms with Gasteiger partial charge in [-0.1, -0.05) is 60.4 Å². The number of carbonyl (C=O) groups is 2. The largest absolute Gasteiger partial charge is 0.454 e. The summed E-state index contributed by atoms with van der Waals surface area (Å²) in [6.07, 6.45) is 1.99. The number of hydrogen-bond donors (Lipinski definition) is 0. The zero-order chi connectivity index (χ0) is 23.6. The minimum Gasteiger partial charge on any atom is -0.454 e. The van der Waals surface area contributed by atoms with E-state index in [2.05, 4.69) is 0 Å². The van der Waals surface area contributed by atoms with Gasteiger partial charge < -0.3 is 14.4 Å². The van der Waals surface area contributed by atoms with Crippen LogP contribution in [0.3, 0.4) is 0 Å². The molecular weight excluding hydrogens is 456 g/mol. The average molecular weight is 483 g/mol. The van der Waals surface area contributed by atoms with Crippen molar-refractivity contribution in [1.82, 2.24) is 9.80 Å². The van der Waals surface area contributed by atoms with Gasteiger partial charge in [0.2, 0.25) is 12.7 Å². The molecule has 2 aromatic rings. The molecule has 8 heteroatoms. The molecule has 172 valence electrons. The number of thioether (sulfide) groups is 1. The van der Waals surface area contributed by atoms with E-state index >= 15 is 0 Å². The summed E-state index contributed by atoms with van der Waals surface area (Å²) in [6.45, 7) is 7.02. The van der Waals surface area contributed by atoms with E-state index in [0.29, 0.717) is 27.3 Å². The van der Waals surface area contributed by atoms with Gasteiger partial charge in [-0.25, -0.2) is 0 Å². The summed E-state index contributed by atoms with van der Waals surface area (Å²) in [7, 11) is 0. The van der Waals surface area contributed by atoms with Crippen molar-refractivity contribution >= 4 is 46.2 Å². The highest BCUT2D eigenvalue weighted by Gasteiger charge is 2.34. The predicted octanol–water partition coefficient (Wildman–Crippen LogP) is 4.83. The van der Waals surface area contributed by atoms with Crippen molar-refractivity contribution in [2.24, 2.45) is 0 Å². The molecule has 0 saturated carbocycles. The monoisotopic (exact) mass is 482 g/mol. The van der Waals surface area contributed by atoms with E-state index < -0.39 is 0 Å². The zero-order valence-corrected chi connectivity index (χ0v) is 20.5. The Morgan fingerprint density at radius 1 is 1.15 bits per heavy atom. The van der Waals surface area contributed by atoms with Crippen LogP contribution in [0.5, 0.6) is 11.5 Å². The molecule has 2 heterocycles. The average Bonchev–Trinajstić information content (AvgIpc) is 3.34. The predicted molar refractivity (Wildman–Crippen MR) is 134 cm³/mol. The number of benzene rings is 2. The first-order valence-electron chi connectivity index (χ1n) is 10.7. The minimum absolute atomic E-state index is 0.0137. The van der Waals surface area contributed by atoms with Crippen LogP contribution in [-0.2, 0) is 16.1 Å². The second-order valence-electron chi connectivity index (χ2n) is 8.83. The Hall–Kier alpha value is -2.84. The van der Waals surface area contributed by atoms with E-state index in [1.54, 1.807) is 6.08 Å². The molecule has 0 aromatic heterocycles. The Labute approximate surface area is 203 Å². The van der Waals surface area contributed by atoms with Gasteiger partial charge in [0.15, 0.2) is 11.5 Å². The number of hydrogen-bond acceptors (Lipinski definition) is 6. The number of rotatable bonds is 6. The molecule has 33 heavy (non-hydrogen) atoms. The molecule has 2 aliphatic rings. The topological polar surface area (TPSA) is 59.1 Å². The number of carbonyl (C=O) groups excluding carboxylic acids is 2. The van der Waals surface area contributed by atoms with Crippen molar-refractivity contribution in [3.8, 4) is 11.5 Å². The molecule has 4 rings (SSSR count). The van der Waals surface area contributed by atoms with E-state index in [9.17, 15) is 9.59 Å². The Morgan fingerprint density at radius 2 is 1.88 bits per heavy atom. The third-order valence-corrected chi connectivity index (χ3v) is 6.79. The highest BCUT2D eigenvalue weighted by Crippen LogP contribution is 2.36. The van der Waals surface area contributed by atoms with Gasteiger partial charge in [0, 0.05) is 25.0 Å². The number of fused-ring (bicyclic) bond motifs is 1. The fourth-order valence-corrected chi connectivity index (χ4v) is 4.96. The van der Waals surface area contributed by atoms with Gasteiger partial charge in [-0.15, -0.1) is 0 Å². The molecule has 2 aliphatic heterocycles. The molecule has 1 fully saturated rings. The number of nitrogens with zero attached hydrogens (tertiary/aromatic N) is 2. The molecule has 0 aliphatic carbocycles. The van der Waals surface area contributed by atoms with Crippen LogP contribution in [0.15, 0.2) is 53.4 Å². The van der Waals surface area contributed by atoms with Crippen LogP contribution in [0.25, 0.3) is 6.08 Å². The van der Waals surface area contributed by atoms with Gasteiger partial charge in [0.05, 0.1) is 4.91 Å². The summed E-state index contributed by atoms with van der Waals surface area (Å²) in [5.41, 5.74) is 1.55. The van der Waals surface area contributed by atoms with E-state index in [-0.39, 0.29) is 37.1 Å². The smallest absolute Gasteiger partial charge is 0.266 e. The van der Waals surface area contributed by atoms with Crippen LogP contribution < -0.4 is 9.47 Å². The second-order valence-corrected chi connectivity index (χ2v) is 10.5. The first kappa shape index (κ1) is 23.3. The van der Waals surface area contributed by atoms with Gasteiger partial charge in [-0.3, -0.25) is 14.5 Å². The first-order valence-corrected chi connectivity index (χ1v) is 11.9. The first-order chi connectivity index (χ1) is 15.7. The van der Waals surface area contributed by atoms with E-state index in [1.165, 1.54) is 16.7 Å². The van der Waals surface area contributed by atoms with Gasteiger partial charge >= 0.3 is 0 Å². The fraction of sp³-hybridized carbons (Fsp3) is 0.320. The molecule has 0 N–H and O–H groups in total. The molecule has 0 unspecified atom stereocenters. The number of ether oxygens (including phenoxy) is 2. The molecular formula is C25H26N2O4S2. The SMILES string of the molecule is CC(C)(C)N(Cc1ccccc1)C(=O)CCN1C(=O)/C(=C/c2ccc3c(c2)OCO3)SC1=S. The van der Waals surface area contributed by atoms with Gasteiger partial charge in [0.25, 0.3) is 5.91 Å². The normalized spacial score (nSPS) is 16.6. The van der Waals surface area contributed by atoms with E-state index in [4.69, 9.17) is 21.7 Å². The van der Waals surface area contributed by atoms with E-state index in [0.717, 1.165) is 11.1 Å². The lowest BCUT2D eigenvalue weighted by Gasteiger charge is -2.36. The van der Waals surface area contributed by atoms with Crippen molar-refractivity contribution < 1.29 is 19.1 Å². The molecule has 0 radical (unpaired) electrons. The molecule has 0 spiro atoms. The second kappa shape index (κ2) is 9.57. The summed E-state index contributed by atoms with van der Waals surface area (Å²) in [5.74, 6) is 1.16. The maximum Gasteiger partial charge on any atom is 0.266 e. The van der Waals surface area contributed by atoms with Gasteiger partial charge in [0.1, 0.15) is 4.32 Å². The summed E-state index contributed by atoms with van der Waals surface area (Å²) in [5, 5.41) is 0. The van der Waals surface area contributed by atoms with Crippen LogP contribution in [0.1, 0.15) is 38.3 Å². The highest BCUT2D eigenvalue weighted by atomic mass is 32.2. The molecule has 1 saturated heterocycles. The fourth-order valence-electron chi connectivity index (χ4n) is 3.65. The zero-order valence-electron chi connectivity index (χ0n) is 18.9. The van der Waals surface area contributed by atoms with Crippen LogP contribution in [0.4, 0.5) is 0 Å². The Balaban J connectivity index is 1.42.